The van der Waals surface area contributed by atoms with Gasteiger partial charge in [-0.3, -0.25) is 9.69 Å². The van der Waals surface area contributed by atoms with Crippen molar-refractivity contribution in [2.75, 3.05) is 18.8 Å². The van der Waals surface area contributed by atoms with Crippen molar-refractivity contribution in [2.45, 2.75) is 45.2 Å². The molecule has 0 unspecified atom stereocenters. The first kappa shape index (κ1) is 18.7. The first-order chi connectivity index (χ1) is 13.5. The van der Waals surface area contributed by atoms with Crippen LogP contribution in [0.25, 0.3) is 0 Å². The molecule has 2 aromatic rings. The highest BCUT2D eigenvalue weighted by atomic mass is 16.5. The minimum Gasteiger partial charge on any atom is -0.383 e. The van der Waals surface area contributed by atoms with Crippen LogP contribution in [-0.2, 0) is 6.54 Å². The number of nitrogens with zero attached hydrogens (tertiary/aromatic N) is 4. The molecule has 1 saturated heterocycles. The normalized spacial score (nSPS) is 23.3. The lowest BCUT2D eigenvalue weighted by molar-refractivity contribution is 0.0961. The van der Waals surface area contributed by atoms with E-state index in [0.29, 0.717) is 29.9 Å². The van der Waals surface area contributed by atoms with Gasteiger partial charge in [-0.25, -0.2) is 4.68 Å². The number of carbonyl (C=O) groups excluding carboxylic acids is 1. The number of nitrogens with two attached hydrogens (primary N) is 1. The van der Waals surface area contributed by atoms with Crippen molar-refractivity contribution in [3.63, 3.8) is 0 Å². The second-order valence-electron chi connectivity index (χ2n) is 8.06. The average molecular weight is 384 g/mol. The van der Waals surface area contributed by atoms with E-state index in [1.165, 1.54) is 12.8 Å². The number of nitrogens with one attached hydrogen (secondary N) is 1. The molecule has 8 heteroatoms. The standard InChI is InChI=1S/C20H28N6O2/c1-13-10-25(11-16-7-8-23-28-16)12-18(13)14(2)24-20(27)17-9-22-26(19(17)21)15-5-3-4-6-15/h7-9,13,15,18H,2-6,10-12,21H2,1H3,(H,24,27)/t13-,18-/m1/s1. The van der Waals surface area contributed by atoms with Crippen molar-refractivity contribution >= 4 is 11.7 Å². The SMILES string of the molecule is C=C(NC(=O)c1cnn(C2CCCC2)c1N)[C@@H]1CN(Cc2ccno2)C[C@H]1C. The van der Waals surface area contributed by atoms with Crippen molar-refractivity contribution < 1.29 is 9.32 Å². The Kier molecular flexibility index (Phi) is 5.21. The molecule has 2 atom stereocenters. The Morgan fingerprint density at radius 1 is 1.39 bits per heavy atom. The molecule has 28 heavy (non-hydrogen) atoms. The zero-order valence-electron chi connectivity index (χ0n) is 16.3. The van der Waals surface area contributed by atoms with Gasteiger partial charge in [-0.2, -0.15) is 5.10 Å². The Morgan fingerprint density at radius 3 is 2.89 bits per heavy atom. The lowest BCUT2D eigenvalue weighted by atomic mass is 9.95. The van der Waals surface area contributed by atoms with Crippen LogP contribution in [0.5, 0.6) is 0 Å². The zero-order chi connectivity index (χ0) is 19.7. The number of hydrogen-bond acceptors (Lipinski definition) is 6. The van der Waals surface area contributed by atoms with Gasteiger partial charge >= 0.3 is 0 Å². The van der Waals surface area contributed by atoms with Crippen LogP contribution in [0.4, 0.5) is 5.82 Å². The van der Waals surface area contributed by atoms with Crippen LogP contribution in [0.15, 0.2) is 35.3 Å². The molecule has 0 bridgehead atoms. The van der Waals surface area contributed by atoms with Gasteiger partial charge in [-0.1, -0.05) is 31.5 Å². The summed E-state index contributed by atoms with van der Waals surface area (Å²) >= 11 is 0. The number of rotatable bonds is 6. The van der Waals surface area contributed by atoms with E-state index in [9.17, 15) is 4.79 Å². The van der Waals surface area contributed by atoms with Crippen molar-refractivity contribution in [3.05, 3.63) is 42.1 Å². The van der Waals surface area contributed by atoms with Gasteiger partial charge in [0.2, 0.25) is 0 Å². The molecule has 0 spiro atoms. The summed E-state index contributed by atoms with van der Waals surface area (Å²) in [7, 11) is 0. The van der Waals surface area contributed by atoms with Gasteiger partial charge in [0, 0.05) is 30.8 Å². The highest BCUT2D eigenvalue weighted by Crippen LogP contribution is 2.32. The van der Waals surface area contributed by atoms with Crippen LogP contribution in [0, 0.1) is 11.8 Å². The summed E-state index contributed by atoms with van der Waals surface area (Å²) in [5.74, 6) is 1.62. The molecular weight excluding hydrogens is 356 g/mol. The minimum absolute atomic E-state index is 0.179. The van der Waals surface area contributed by atoms with E-state index in [1.54, 1.807) is 12.4 Å². The quantitative estimate of drug-likeness (QED) is 0.794. The van der Waals surface area contributed by atoms with Crippen LogP contribution >= 0.6 is 0 Å². The third-order valence-electron chi connectivity index (χ3n) is 6.03. The van der Waals surface area contributed by atoms with Crippen LogP contribution in [-0.4, -0.2) is 38.8 Å². The summed E-state index contributed by atoms with van der Waals surface area (Å²) in [6.07, 6.45) is 7.74. The topological polar surface area (TPSA) is 102 Å². The van der Waals surface area contributed by atoms with Crippen LogP contribution < -0.4 is 11.1 Å². The van der Waals surface area contributed by atoms with Crippen LogP contribution in [0.3, 0.4) is 0 Å². The third kappa shape index (κ3) is 3.69. The summed E-state index contributed by atoms with van der Waals surface area (Å²) in [6.45, 7) is 8.76. The molecule has 1 aliphatic heterocycles. The highest BCUT2D eigenvalue weighted by molar-refractivity contribution is 5.99. The molecule has 2 fully saturated rings. The predicted molar refractivity (Wildman–Crippen MR) is 105 cm³/mol. The molecule has 0 aromatic carbocycles. The molecule has 0 radical (unpaired) electrons. The lowest BCUT2D eigenvalue weighted by Crippen LogP contribution is -2.30. The van der Waals surface area contributed by atoms with Gasteiger partial charge < -0.3 is 15.6 Å². The van der Waals surface area contributed by atoms with Crippen molar-refractivity contribution in [2.24, 2.45) is 11.8 Å². The number of likely N-dealkylation sites (tertiary alicyclic amines) is 1. The Labute approximate surface area is 164 Å². The summed E-state index contributed by atoms with van der Waals surface area (Å²) in [5, 5.41) is 11.1. The fraction of sp³-hybridized carbons (Fsp3) is 0.550. The Morgan fingerprint density at radius 2 is 2.18 bits per heavy atom. The smallest absolute Gasteiger partial charge is 0.260 e. The molecule has 1 saturated carbocycles. The lowest BCUT2D eigenvalue weighted by Gasteiger charge is -2.19. The second-order valence-corrected chi connectivity index (χ2v) is 8.06. The van der Waals surface area contributed by atoms with Gasteiger partial charge in [0.1, 0.15) is 11.4 Å². The maximum atomic E-state index is 12.8. The van der Waals surface area contributed by atoms with E-state index in [1.807, 2.05) is 10.7 Å². The molecule has 1 aliphatic carbocycles. The predicted octanol–water partition coefficient (Wildman–Crippen LogP) is 2.58. The molecule has 150 valence electrons. The van der Waals surface area contributed by atoms with Crippen LogP contribution in [0.1, 0.15) is 54.8 Å². The monoisotopic (exact) mass is 384 g/mol. The number of amides is 1. The Hall–Kier alpha value is -2.61. The molecule has 1 amide bonds. The minimum atomic E-state index is -0.229. The fourth-order valence-electron chi connectivity index (χ4n) is 4.49. The molecule has 8 nitrogen and oxygen atoms in total. The van der Waals surface area contributed by atoms with Crippen LogP contribution in [0.2, 0.25) is 0 Å². The first-order valence-corrected chi connectivity index (χ1v) is 9.98. The van der Waals surface area contributed by atoms with Crippen molar-refractivity contribution in [1.29, 1.82) is 0 Å². The third-order valence-corrected chi connectivity index (χ3v) is 6.03. The zero-order valence-corrected chi connectivity index (χ0v) is 16.3. The van der Waals surface area contributed by atoms with Gasteiger partial charge in [0.25, 0.3) is 5.91 Å². The molecule has 2 aromatic heterocycles. The van der Waals surface area contributed by atoms with Gasteiger partial charge in [-0.05, 0) is 18.8 Å². The molecular formula is C20H28N6O2. The number of hydrogen-bond donors (Lipinski definition) is 2. The van der Waals surface area contributed by atoms with E-state index < -0.39 is 0 Å². The fourth-order valence-corrected chi connectivity index (χ4v) is 4.49. The number of anilines is 1. The van der Waals surface area contributed by atoms with E-state index in [0.717, 1.165) is 37.4 Å². The van der Waals surface area contributed by atoms with Crippen molar-refractivity contribution in [3.8, 4) is 0 Å². The first-order valence-electron chi connectivity index (χ1n) is 9.98. The summed E-state index contributed by atoms with van der Waals surface area (Å²) in [4.78, 5) is 15.1. The van der Waals surface area contributed by atoms with E-state index in [-0.39, 0.29) is 11.8 Å². The second kappa shape index (κ2) is 7.79. The van der Waals surface area contributed by atoms with E-state index in [2.05, 4.69) is 34.0 Å². The Balaban J connectivity index is 1.37. The highest BCUT2D eigenvalue weighted by Gasteiger charge is 2.33. The van der Waals surface area contributed by atoms with E-state index >= 15 is 0 Å². The summed E-state index contributed by atoms with van der Waals surface area (Å²) in [5.41, 5.74) is 7.38. The maximum Gasteiger partial charge on any atom is 0.260 e. The van der Waals surface area contributed by atoms with E-state index in [4.69, 9.17) is 10.3 Å². The number of nitrogen functional groups attached to an aromatic ring is 1. The number of aromatic nitrogens is 3. The molecule has 4 rings (SSSR count). The largest absolute Gasteiger partial charge is 0.383 e. The molecule has 3 heterocycles. The molecule has 3 N–H and O–H groups in total. The number of carbonyl (C=O) groups is 1. The average Bonchev–Trinajstić information content (AvgIpc) is 3.42. The van der Waals surface area contributed by atoms with Crippen molar-refractivity contribution in [1.82, 2.24) is 25.2 Å². The maximum absolute atomic E-state index is 12.8. The Bertz CT molecular complexity index is 837. The summed E-state index contributed by atoms with van der Waals surface area (Å²) < 4.78 is 7.01. The van der Waals surface area contributed by atoms with Gasteiger partial charge in [0.15, 0.2) is 5.76 Å². The molecule has 2 aliphatic rings. The summed E-state index contributed by atoms with van der Waals surface area (Å²) in [6, 6.07) is 2.18. The van der Waals surface area contributed by atoms with Gasteiger partial charge in [-0.15, -0.1) is 0 Å². The van der Waals surface area contributed by atoms with Gasteiger partial charge in [0.05, 0.1) is 25.0 Å².